The average molecular weight is 737 g/mol. The maximum atomic E-state index is 14.8. The number of carbonyl (C=O) groups excluding carboxylic acids is 1. The summed E-state index contributed by atoms with van der Waals surface area (Å²) in [5.41, 5.74) is 3.56. The highest BCUT2D eigenvalue weighted by Gasteiger charge is 2.67. The van der Waals surface area contributed by atoms with Crippen molar-refractivity contribution in [1.29, 1.82) is 0 Å². The maximum absolute atomic E-state index is 14.8. The third-order valence-corrected chi connectivity index (χ3v) is 18.6. The van der Waals surface area contributed by atoms with Gasteiger partial charge in [-0.25, -0.2) is 8.42 Å². The van der Waals surface area contributed by atoms with E-state index in [0.29, 0.717) is 13.0 Å². The van der Waals surface area contributed by atoms with Gasteiger partial charge in [0.15, 0.2) is 0 Å². The second-order valence-electron chi connectivity index (χ2n) is 16.2. The molecule has 2 fully saturated rings. The Morgan fingerprint density at radius 1 is 0.941 bits per heavy atom. The van der Waals surface area contributed by atoms with Gasteiger partial charge in [-0.15, -0.1) is 11.5 Å². The summed E-state index contributed by atoms with van der Waals surface area (Å²) >= 11 is 0. The lowest BCUT2D eigenvalue weighted by atomic mass is 9.67. The summed E-state index contributed by atoms with van der Waals surface area (Å²) in [5, 5.41) is 5.13. The molecule has 2 saturated heterocycles. The number of carbonyl (C=O) groups is 1. The highest BCUT2D eigenvalue weighted by atomic mass is 32.2. The van der Waals surface area contributed by atoms with Crippen molar-refractivity contribution >= 4 is 42.7 Å². The monoisotopic (exact) mass is 736 g/mol. The molecular weight excluding hydrogens is 685 g/mol. The Hall–Kier alpha value is -3.53. The van der Waals surface area contributed by atoms with Crippen LogP contribution in [-0.2, 0) is 19.2 Å². The van der Waals surface area contributed by atoms with Crippen LogP contribution in [-0.4, -0.2) is 60.3 Å². The SMILES string of the molecule is CC(C)(C)[Si](OC[C@H]1C[C@]23C(=O)NCC[C@H]2C(/C=C\CCC#C[Si](C)(C)C)=C[C@@H]3N1S(=O)(=O)c1ccccc1)(c1ccccc1)c1ccccc1. The Kier molecular flexibility index (Phi) is 10.6. The predicted octanol–water partition coefficient (Wildman–Crippen LogP) is 6.67. The Bertz CT molecular complexity index is 1900. The molecule has 1 amide bonds. The number of piperidine rings is 1. The molecule has 1 aliphatic carbocycles. The van der Waals surface area contributed by atoms with Gasteiger partial charge in [0.05, 0.1) is 23.0 Å². The molecule has 0 aromatic heterocycles. The molecule has 51 heavy (non-hydrogen) atoms. The van der Waals surface area contributed by atoms with Crippen LogP contribution in [0, 0.1) is 22.8 Å². The topological polar surface area (TPSA) is 75.7 Å². The van der Waals surface area contributed by atoms with Crippen molar-refractivity contribution in [2.45, 2.75) is 88.1 Å². The molecule has 3 aliphatic rings. The van der Waals surface area contributed by atoms with Gasteiger partial charge in [0, 0.05) is 24.9 Å². The van der Waals surface area contributed by atoms with E-state index in [0.717, 1.165) is 35.2 Å². The molecule has 4 atom stereocenters. The summed E-state index contributed by atoms with van der Waals surface area (Å²) in [7, 11) is -8.44. The Morgan fingerprint density at radius 3 is 2.10 bits per heavy atom. The minimum absolute atomic E-state index is 0.0642. The maximum Gasteiger partial charge on any atom is 0.261 e. The van der Waals surface area contributed by atoms with Crippen molar-refractivity contribution in [2.24, 2.45) is 11.3 Å². The number of nitrogens with zero attached hydrogens (tertiary/aromatic N) is 1. The Morgan fingerprint density at radius 2 is 1.53 bits per heavy atom. The lowest BCUT2D eigenvalue weighted by Gasteiger charge is -2.44. The van der Waals surface area contributed by atoms with E-state index in [4.69, 9.17) is 4.43 Å². The van der Waals surface area contributed by atoms with E-state index in [1.807, 2.05) is 18.2 Å². The molecule has 1 spiro atoms. The van der Waals surface area contributed by atoms with Crippen molar-refractivity contribution in [1.82, 2.24) is 9.62 Å². The number of rotatable bonds is 10. The first-order valence-electron chi connectivity index (χ1n) is 18.2. The highest BCUT2D eigenvalue weighted by molar-refractivity contribution is 7.89. The average Bonchev–Trinajstić information content (AvgIpc) is 3.58. The molecule has 3 aromatic carbocycles. The minimum atomic E-state index is -4.02. The predicted molar refractivity (Wildman–Crippen MR) is 212 cm³/mol. The zero-order chi connectivity index (χ0) is 36.5. The van der Waals surface area contributed by atoms with Gasteiger partial charge in [0.1, 0.15) is 8.07 Å². The summed E-state index contributed by atoms with van der Waals surface area (Å²) in [4.78, 5) is 14.5. The van der Waals surface area contributed by atoms with Crippen LogP contribution in [0.3, 0.4) is 0 Å². The molecule has 0 bridgehead atoms. The molecule has 2 heterocycles. The number of nitrogens with one attached hydrogen (secondary N) is 1. The van der Waals surface area contributed by atoms with E-state index < -0.39 is 43.9 Å². The van der Waals surface area contributed by atoms with Crippen LogP contribution in [0.25, 0.3) is 0 Å². The van der Waals surface area contributed by atoms with Crippen molar-refractivity contribution in [3.63, 3.8) is 0 Å². The van der Waals surface area contributed by atoms with Crippen molar-refractivity contribution < 1.29 is 17.6 Å². The van der Waals surface area contributed by atoms with E-state index in [1.54, 1.807) is 28.6 Å². The van der Waals surface area contributed by atoms with Gasteiger partial charge >= 0.3 is 0 Å². The third-order valence-electron chi connectivity index (χ3n) is 10.7. The first-order chi connectivity index (χ1) is 24.2. The highest BCUT2D eigenvalue weighted by Crippen LogP contribution is 2.58. The van der Waals surface area contributed by atoms with Gasteiger partial charge in [-0.3, -0.25) is 4.79 Å². The van der Waals surface area contributed by atoms with Crippen LogP contribution in [0.4, 0.5) is 0 Å². The number of hydrogen-bond acceptors (Lipinski definition) is 4. The van der Waals surface area contributed by atoms with Crippen molar-refractivity contribution in [3.8, 4) is 11.5 Å². The van der Waals surface area contributed by atoms with E-state index in [1.165, 1.54) is 0 Å². The van der Waals surface area contributed by atoms with Crippen LogP contribution >= 0.6 is 0 Å². The summed E-state index contributed by atoms with van der Waals surface area (Å²) in [6.07, 6.45) is 9.08. The zero-order valence-electron chi connectivity index (χ0n) is 30.9. The standard InChI is InChI=1S/C42H52N2O4SSi2/c1-41(2,3)51(36-23-15-10-16-24-36,37-25-17-11-18-26-37)48-32-34-31-42-38(27-28-43-40(42)45)33(20-12-7-8-19-29-50(4,5)6)30-39(42)44(34)49(46,47)35-21-13-9-14-22-35/h9-18,20-26,30,34,38-39H,7-8,27-28,31-32H2,1-6H3,(H,43,45)/b20-12-/t34-,38+,39+,42+/m1/s1. The smallest absolute Gasteiger partial charge is 0.261 e. The third kappa shape index (κ3) is 7.01. The van der Waals surface area contributed by atoms with Gasteiger partial charge in [0.25, 0.3) is 8.32 Å². The fourth-order valence-corrected chi connectivity index (χ4v) is 15.6. The van der Waals surface area contributed by atoms with Crippen LogP contribution < -0.4 is 15.7 Å². The second kappa shape index (κ2) is 14.5. The molecule has 3 aromatic rings. The largest absolute Gasteiger partial charge is 0.406 e. The molecule has 268 valence electrons. The molecule has 0 radical (unpaired) electrons. The number of benzene rings is 3. The molecule has 0 unspecified atom stereocenters. The number of allylic oxidation sites excluding steroid dienone is 3. The van der Waals surface area contributed by atoms with Gasteiger partial charge in [-0.2, -0.15) is 4.31 Å². The van der Waals surface area contributed by atoms with E-state index in [2.05, 4.69) is 124 Å². The van der Waals surface area contributed by atoms with E-state index in [9.17, 15) is 13.2 Å². The number of amides is 1. The lowest BCUT2D eigenvalue weighted by Crippen LogP contribution is -2.67. The minimum Gasteiger partial charge on any atom is -0.406 e. The molecule has 0 saturated carbocycles. The number of unbranched alkanes of at least 4 members (excludes halogenated alkanes) is 1. The van der Waals surface area contributed by atoms with Crippen LogP contribution in [0.15, 0.2) is 120 Å². The molecule has 9 heteroatoms. The first kappa shape index (κ1) is 37.2. The zero-order valence-corrected chi connectivity index (χ0v) is 33.7. The van der Waals surface area contributed by atoms with Crippen molar-refractivity contribution in [3.05, 3.63) is 115 Å². The molecule has 1 N–H and O–H groups in total. The summed E-state index contributed by atoms with van der Waals surface area (Å²) in [5.74, 6) is 3.19. The quantitative estimate of drug-likeness (QED) is 0.143. The lowest BCUT2D eigenvalue weighted by molar-refractivity contribution is -0.135. The second-order valence-corrected chi connectivity index (χ2v) is 27.1. The normalized spacial score (nSPS) is 24.0. The fourth-order valence-electron chi connectivity index (χ4n) is 8.57. The van der Waals surface area contributed by atoms with Gasteiger partial charge in [0.2, 0.25) is 15.9 Å². The number of sulfonamides is 1. The van der Waals surface area contributed by atoms with E-state index in [-0.39, 0.29) is 28.4 Å². The summed E-state index contributed by atoms with van der Waals surface area (Å²) < 4.78 is 38.7. The van der Waals surface area contributed by atoms with Gasteiger partial charge in [-0.05, 0) is 52.4 Å². The Labute approximate surface area is 307 Å². The summed E-state index contributed by atoms with van der Waals surface area (Å²) in [6.45, 7) is 14.1. The van der Waals surface area contributed by atoms with Crippen molar-refractivity contribution in [2.75, 3.05) is 13.2 Å². The fraction of sp³-hybridized carbons (Fsp3) is 0.405. The molecule has 6 nitrogen and oxygen atoms in total. The molecular formula is C42H52N2O4SSi2. The van der Waals surface area contributed by atoms with Crippen LogP contribution in [0.2, 0.25) is 24.7 Å². The van der Waals surface area contributed by atoms with Crippen LogP contribution in [0.5, 0.6) is 0 Å². The molecule has 2 aliphatic heterocycles. The van der Waals surface area contributed by atoms with Gasteiger partial charge < -0.3 is 9.74 Å². The van der Waals surface area contributed by atoms with Gasteiger partial charge in [-0.1, -0.05) is 138 Å². The van der Waals surface area contributed by atoms with Crippen LogP contribution in [0.1, 0.15) is 46.5 Å². The van der Waals surface area contributed by atoms with E-state index >= 15 is 0 Å². The first-order valence-corrected chi connectivity index (χ1v) is 25.1. The number of hydrogen-bond donors (Lipinski definition) is 1. The summed E-state index contributed by atoms with van der Waals surface area (Å²) in [6, 6.07) is 28.3. The Balaban J connectivity index is 1.43. The molecule has 6 rings (SSSR count).